The van der Waals surface area contributed by atoms with Gasteiger partial charge < -0.3 is 10.2 Å². The van der Waals surface area contributed by atoms with Crippen LogP contribution in [-0.4, -0.2) is 84.9 Å². The molecule has 1 radical (unpaired) electrons. The Kier molecular flexibility index (Phi) is 7.64. The van der Waals surface area contributed by atoms with Crippen LogP contribution in [0, 0.1) is 0 Å². The number of amides is 2. The number of benzene rings is 1. The molecule has 34 heavy (non-hydrogen) atoms. The number of rotatable bonds is 5. The van der Waals surface area contributed by atoms with Gasteiger partial charge in [-0.25, -0.2) is 13.8 Å². The topological polar surface area (TPSA) is 99.6 Å². The van der Waals surface area contributed by atoms with Gasteiger partial charge in [0.25, 0.3) is 0 Å². The molecule has 2 aliphatic carbocycles. The number of carbonyl (C=O) groups is 1. The van der Waals surface area contributed by atoms with Crippen molar-refractivity contribution in [2.45, 2.75) is 57.4 Å². The minimum absolute atomic E-state index is 0. The van der Waals surface area contributed by atoms with Gasteiger partial charge in [0, 0.05) is 55.0 Å². The van der Waals surface area contributed by atoms with Crippen LogP contribution >= 0.6 is 0 Å². The van der Waals surface area contributed by atoms with Crippen LogP contribution in [0.3, 0.4) is 0 Å². The molecule has 5 rings (SSSR count). The Morgan fingerprint density at radius 1 is 1.09 bits per heavy atom. The molecule has 2 heterocycles. The van der Waals surface area contributed by atoms with Crippen molar-refractivity contribution >= 4 is 57.2 Å². The van der Waals surface area contributed by atoms with Crippen LogP contribution in [0.15, 0.2) is 18.5 Å². The zero-order valence-corrected chi connectivity index (χ0v) is 23.1. The second kappa shape index (κ2) is 10.2. The van der Waals surface area contributed by atoms with Gasteiger partial charge in [0.05, 0.1) is 17.9 Å². The van der Waals surface area contributed by atoms with Gasteiger partial charge in [-0.2, -0.15) is 13.5 Å². The number of likely N-dealkylation sites (N-methyl/N-ethyl adjacent to an activating group) is 1. The second-order valence-corrected chi connectivity index (χ2v) is 11.1. The van der Waals surface area contributed by atoms with Crippen molar-refractivity contribution in [3.63, 3.8) is 0 Å². The van der Waals surface area contributed by atoms with Crippen LogP contribution in [-0.2, 0) is 42.9 Å². The van der Waals surface area contributed by atoms with E-state index in [0.717, 1.165) is 63.6 Å². The standard InChI is InChI=1S/C23H32N6O3S.Na/c1-27-11-5-8-18(14-27)29(19-13-24-28(2)15-19)33(31,32)26-23(30)25-22-20-9-3-6-16(20)12-17-7-4-10-21(17)22;/h12-13,15,18H,3-11,14H2,1-2H3,(H2,25,26,30);. The number of carbonyl (C=O) groups excluding carboxylic acids is 1. The zero-order chi connectivity index (χ0) is 23.2. The first kappa shape index (κ1) is 25.5. The van der Waals surface area contributed by atoms with Crippen molar-refractivity contribution in [1.82, 2.24) is 19.4 Å². The van der Waals surface area contributed by atoms with Crippen LogP contribution in [0.5, 0.6) is 0 Å². The summed E-state index contributed by atoms with van der Waals surface area (Å²) in [5, 5.41) is 7.09. The molecule has 2 amide bonds. The smallest absolute Gasteiger partial charge is 0.307 e. The molecule has 1 fully saturated rings. The Morgan fingerprint density at radius 2 is 1.76 bits per heavy atom. The number of aromatic nitrogens is 2. The monoisotopic (exact) mass is 495 g/mol. The van der Waals surface area contributed by atoms with Crippen LogP contribution < -0.4 is 14.3 Å². The van der Waals surface area contributed by atoms with E-state index in [1.54, 1.807) is 17.9 Å². The van der Waals surface area contributed by atoms with Gasteiger partial charge in [0.2, 0.25) is 0 Å². The van der Waals surface area contributed by atoms with Gasteiger partial charge in [-0.05, 0) is 87.2 Å². The van der Waals surface area contributed by atoms with Crippen molar-refractivity contribution in [3.05, 3.63) is 40.7 Å². The van der Waals surface area contributed by atoms with Crippen molar-refractivity contribution < 1.29 is 13.2 Å². The maximum Gasteiger partial charge on any atom is 0.334 e. The minimum atomic E-state index is -4.14. The normalized spacial score (nSPS) is 19.8. The van der Waals surface area contributed by atoms with Crippen LogP contribution in [0.2, 0.25) is 0 Å². The van der Waals surface area contributed by atoms with Crippen molar-refractivity contribution in [3.8, 4) is 0 Å². The van der Waals surface area contributed by atoms with Crippen LogP contribution in [0.1, 0.15) is 47.9 Å². The number of urea groups is 1. The molecule has 1 aliphatic heterocycles. The quantitative estimate of drug-likeness (QED) is 0.618. The molecule has 1 unspecified atom stereocenters. The molecule has 3 aliphatic rings. The van der Waals surface area contributed by atoms with E-state index in [4.69, 9.17) is 0 Å². The third-order valence-electron chi connectivity index (χ3n) is 7.07. The molecular weight excluding hydrogens is 463 g/mol. The Bertz CT molecular complexity index is 1150. The molecular formula is C23H32N6NaO3S. The Morgan fingerprint density at radius 3 is 2.35 bits per heavy atom. The summed E-state index contributed by atoms with van der Waals surface area (Å²) in [6, 6.07) is 1.31. The summed E-state index contributed by atoms with van der Waals surface area (Å²) < 4.78 is 32.2. The number of likely N-dealkylation sites (tertiary alicyclic amines) is 1. The third-order valence-corrected chi connectivity index (χ3v) is 8.54. The molecule has 179 valence electrons. The van der Waals surface area contributed by atoms with Crippen molar-refractivity contribution in [2.24, 2.45) is 7.05 Å². The van der Waals surface area contributed by atoms with E-state index in [1.807, 2.05) is 7.05 Å². The number of aryl methyl sites for hydroxylation is 3. The molecule has 0 saturated carbocycles. The Balaban J connectivity index is 0.00000274. The maximum absolute atomic E-state index is 13.5. The summed E-state index contributed by atoms with van der Waals surface area (Å²) in [5.41, 5.74) is 6.20. The van der Waals surface area contributed by atoms with E-state index < -0.39 is 16.2 Å². The summed E-state index contributed by atoms with van der Waals surface area (Å²) in [5.74, 6) is 0. The molecule has 11 heteroatoms. The fraction of sp³-hybridized carbons (Fsp3) is 0.565. The summed E-state index contributed by atoms with van der Waals surface area (Å²) >= 11 is 0. The Labute approximate surface area is 223 Å². The molecule has 0 spiro atoms. The molecule has 1 aromatic heterocycles. The molecule has 9 nitrogen and oxygen atoms in total. The number of nitrogens with one attached hydrogen (secondary N) is 2. The van der Waals surface area contributed by atoms with Crippen LogP contribution in [0.25, 0.3) is 0 Å². The van der Waals surface area contributed by atoms with E-state index in [0.29, 0.717) is 12.2 Å². The second-order valence-electron chi connectivity index (χ2n) is 9.52. The first-order valence-corrected chi connectivity index (χ1v) is 13.2. The maximum atomic E-state index is 13.5. The number of fused-ring (bicyclic) bond motifs is 2. The van der Waals surface area contributed by atoms with Crippen LogP contribution in [0.4, 0.5) is 16.2 Å². The minimum Gasteiger partial charge on any atom is -0.307 e. The van der Waals surface area contributed by atoms with Gasteiger partial charge in [0.15, 0.2) is 0 Å². The number of nitrogens with zero attached hydrogens (tertiary/aromatic N) is 4. The SMILES string of the molecule is CN1CCCC(N(c2cnn(C)c2)S(=O)(=O)NC(=O)Nc2c3c(cc4c2CCC4)CCC3)C1.[Na]. The molecule has 1 atom stereocenters. The third kappa shape index (κ3) is 5.02. The molecule has 2 N–H and O–H groups in total. The number of hydrogen-bond acceptors (Lipinski definition) is 5. The largest absolute Gasteiger partial charge is 0.334 e. The molecule has 1 saturated heterocycles. The van der Waals surface area contributed by atoms with E-state index in [2.05, 4.69) is 26.1 Å². The van der Waals surface area contributed by atoms with Gasteiger partial charge >= 0.3 is 16.2 Å². The van der Waals surface area contributed by atoms with Gasteiger partial charge in [-0.3, -0.25) is 4.68 Å². The van der Waals surface area contributed by atoms with Gasteiger partial charge in [-0.1, -0.05) is 6.07 Å². The number of piperidine rings is 1. The predicted molar refractivity (Wildman–Crippen MR) is 134 cm³/mol. The van der Waals surface area contributed by atoms with Gasteiger partial charge in [0.1, 0.15) is 0 Å². The fourth-order valence-corrected chi connectivity index (χ4v) is 6.99. The van der Waals surface area contributed by atoms with Crippen molar-refractivity contribution in [1.29, 1.82) is 0 Å². The Hall–Kier alpha value is -1.59. The first-order chi connectivity index (χ1) is 15.8. The predicted octanol–water partition coefficient (Wildman–Crippen LogP) is 1.98. The zero-order valence-electron chi connectivity index (χ0n) is 20.3. The first-order valence-electron chi connectivity index (χ1n) is 11.8. The summed E-state index contributed by atoms with van der Waals surface area (Å²) in [6.45, 7) is 1.52. The van der Waals surface area contributed by atoms with E-state index in [1.165, 1.54) is 32.8 Å². The number of hydrogen-bond donors (Lipinski definition) is 2. The molecule has 1 aromatic carbocycles. The summed E-state index contributed by atoms with van der Waals surface area (Å²) in [6.07, 6.45) is 10.8. The van der Waals surface area contributed by atoms with E-state index in [-0.39, 0.29) is 35.6 Å². The van der Waals surface area contributed by atoms with Crippen molar-refractivity contribution in [2.75, 3.05) is 29.8 Å². The molecule has 0 bridgehead atoms. The average molecular weight is 496 g/mol. The average Bonchev–Trinajstić information content (AvgIpc) is 3.48. The van der Waals surface area contributed by atoms with E-state index in [9.17, 15) is 13.2 Å². The summed E-state index contributed by atoms with van der Waals surface area (Å²) in [4.78, 5) is 15.2. The summed E-state index contributed by atoms with van der Waals surface area (Å²) in [7, 11) is -0.410. The van der Waals surface area contributed by atoms with E-state index >= 15 is 0 Å². The van der Waals surface area contributed by atoms with Gasteiger partial charge in [-0.15, -0.1) is 0 Å². The molecule has 2 aromatic rings. The fourth-order valence-electron chi connectivity index (χ4n) is 5.67. The number of anilines is 2.